The molecule has 4 nitrogen and oxygen atoms in total. The Hall–Kier alpha value is -0.870. The fraction of sp³-hybridized carbons (Fsp3) is 0.750. The molecule has 2 unspecified atom stereocenters. The van der Waals surface area contributed by atoms with E-state index in [0.29, 0.717) is 6.04 Å². The van der Waals surface area contributed by atoms with E-state index in [1.54, 1.807) is 0 Å². The zero-order valence-corrected chi connectivity index (χ0v) is 10.7. The zero-order chi connectivity index (χ0) is 12.1. The Morgan fingerprint density at radius 3 is 2.75 bits per heavy atom. The first-order chi connectivity index (χ1) is 7.52. The lowest BCUT2D eigenvalue weighted by Gasteiger charge is -2.15. The average molecular weight is 225 g/mol. The maximum absolute atomic E-state index is 9.27. The lowest BCUT2D eigenvalue weighted by Crippen LogP contribution is -2.28. The number of nitrogens with one attached hydrogen (secondary N) is 1. The SMILES string of the molecule is CCc1nn(C)cc1CNC(C)CC(C)O. The molecule has 0 aromatic carbocycles. The summed E-state index contributed by atoms with van der Waals surface area (Å²) in [5.41, 5.74) is 2.40. The van der Waals surface area contributed by atoms with Gasteiger partial charge >= 0.3 is 0 Å². The van der Waals surface area contributed by atoms with Crippen molar-refractivity contribution in [2.75, 3.05) is 0 Å². The minimum Gasteiger partial charge on any atom is -0.393 e. The molecule has 16 heavy (non-hydrogen) atoms. The molecule has 1 heterocycles. The van der Waals surface area contributed by atoms with Crippen LogP contribution >= 0.6 is 0 Å². The first-order valence-corrected chi connectivity index (χ1v) is 5.95. The molecule has 0 bridgehead atoms. The van der Waals surface area contributed by atoms with Crippen LogP contribution in [0.5, 0.6) is 0 Å². The van der Waals surface area contributed by atoms with Crippen molar-refractivity contribution < 1.29 is 5.11 Å². The third kappa shape index (κ3) is 3.94. The summed E-state index contributed by atoms with van der Waals surface area (Å²) in [7, 11) is 1.95. The number of hydrogen-bond acceptors (Lipinski definition) is 3. The monoisotopic (exact) mass is 225 g/mol. The Bertz CT molecular complexity index is 320. The molecule has 0 amide bonds. The molecule has 0 saturated heterocycles. The van der Waals surface area contributed by atoms with Crippen molar-refractivity contribution in [2.45, 2.75) is 52.3 Å². The standard InChI is InChI=1S/C12H23N3O/c1-5-12-11(8-15(4)14-12)7-13-9(2)6-10(3)16/h8-10,13,16H,5-7H2,1-4H3. The van der Waals surface area contributed by atoms with Gasteiger partial charge in [-0.1, -0.05) is 6.92 Å². The van der Waals surface area contributed by atoms with Gasteiger partial charge in [0.2, 0.25) is 0 Å². The predicted molar refractivity (Wildman–Crippen MR) is 65.2 cm³/mol. The Morgan fingerprint density at radius 2 is 2.19 bits per heavy atom. The number of aliphatic hydroxyl groups excluding tert-OH is 1. The van der Waals surface area contributed by atoms with Crippen molar-refractivity contribution in [1.29, 1.82) is 0 Å². The van der Waals surface area contributed by atoms with E-state index in [9.17, 15) is 5.11 Å². The quantitative estimate of drug-likeness (QED) is 0.765. The van der Waals surface area contributed by atoms with Gasteiger partial charge in [0.15, 0.2) is 0 Å². The van der Waals surface area contributed by atoms with Crippen LogP contribution in [0.3, 0.4) is 0 Å². The van der Waals surface area contributed by atoms with Crippen LogP contribution in [0.25, 0.3) is 0 Å². The lowest BCUT2D eigenvalue weighted by molar-refractivity contribution is 0.170. The minimum atomic E-state index is -0.248. The first-order valence-electron chi connectivity index (χ1n) is 5.95. The summed E-state index contributed by atoms with van der Waals surface area (Å²) in [6.45, 7) is 6.85. The van der Waals surface area contributed by atoms with E-state index in [2.05, 4.69) is 30.5 Å². The number of rotatable bonds is 6. The van der Waals surface area contributed by atoms with Crippen molar-refractivity contribution in [3.63, 3.8) is 0 Å². The molecule has 2 atom stereocenters. The molecule has 4 heteroatoms. The second-order valence-electron chi connectivity index (χ2n) is 4.49. The molecule has 0 radical (unpaired) electrons. The molecule has 2 N–H and O–H groups in total. The Balaban J connectivity index is 2.47. The van der Waals surface area contributed by atoms with Gasteiger partial charge in [-0.3, -0.25) is 4.68 Å². The normalized spacial score (nSPS) is 15.1. The van der Waals surface area contributed by atoms with Gasteiger partial charge in [0.1, 0.15) is 0 Å². The van der Waals surface area contributed by atoms with E-state index >= 15 is 0 Å². The molecule has 0 aliphatic heterocycles. The number of nitrogens with zero attached hydrogens (tertiary/aromatic N) is 2. The predicted octanol–water partition coefficient (Wildman–Crippen LogP) is 1.23. The summed E-state index contributed by atoms with van der Waals surface area (Å²) in [4.78, 5) is 0. The van der Waals surface area contributed by atoms with E-state index < -0.39 is 0 Å². The third-order valence-electron chi connectivity index (χ3n) is 2.66. The summed E-state index contributed by atoms with van der Waals surface area (Å²) in [6, 6.07) is 0.324. The van der Waals surface area contributed by atoms with Gasteiger partial charge in [-0.25, -0.2) is 0 Å². The van der Waals surface area contributed by atoms with Gasteiger partial charge < -0.3 is 10.4 Å². The highest BCUT2D eigenvalue weighted by molar-refractivity contribution is 5.16. The highest BCUT2D eigenvalue weighted by Crippen LogP contribution is 2.07. The second-order valence-corrected chi connectivity index (χ2v) is 4.49. The summed E-state index contributed by atoms with van der Waals surface area (Å²) >= 11 is 0. The van der Waals surface area contributed by atoms with Crippen molar-refractivity contribution in [3.05, 3.63) is 17.5 Å². The van der Waals surface area contributed by atoms with E-state index in [0.717, 1.165) is 25.1 Å². The van der Waals surface area contributed by atoms with Crippen LogP contribution in [0.2, 0.25) is 0 Å². The molecule has 1 rings (SSSR count). The number of aromatic nitrogens is 2. The molecule has 1 aromatic heterocycles. The molecule has 1 aromatic rings. The third-order valence-corrected chi connectivity index (χ3v) is 2.66. The van der Waals surface area contributed by atoms with Crippen LogP contribution in [0.1, 0.15) is 38.4 Å². The van der Waals surface area contributed by atoms with Gasteiger partial charge in [0, 0.05) is 31.4 Å². The van der Waals surface area contributed by atoms with E-state index in [1.807, 2.05) is 18.7 Å². The maximum Gasteiger partial charge on any atom is 0.0666 e. The molecule has 0 fully saturated rings. The number of aryl methyl sites for hydroxylation is 2. The Labute approximate surface area is 97.7 Å². The van der Waals surface area contributed by atoms with Gasteiger partial charge in [0.05, 0.1) is 11.8 Å². The molecule has 0 aliphatic rings. The zero-order valence-electron chi connectivity index (χ0n) is 10.7. The Kier molecular flexibility index (Phi) is 4.96. The highest BCUT2D eigenvalue weighted by Gasteiger charge is 2.09. The van der Waals surface area contributed by atoms with E-state index in [4.69, 9.17) is 0 Å². The van der Waals surface area contributed by atoms with Crippen LogP contribution in [0.15, 0.2) is 6.20 Å². The molecule has 0 saturated carbocycles. The van der Waals surface area contributed by atoms with Gasteiger partial charge in [-0.15, -0.1) is 0 Å². The number of hydrogen-bond donors (Lipinski definition) is 2. The van der Waals surface area contributed by atoms with Crippen LogP contribution in [0.4, 0.5) is 0 Å². The van der Waals surface area contributed by atoms with Crippen molar-refractivity contribution in [2.24, 2.45) is 7.05 Å². The van der Waals surface area contributed by atoms with Gasteiger partial charge in [-0.2, -0.15) is 5.10 Å². The highest BCUT2D eigenvalue weighted by atomic mass is 16.3. The average Bonchev–Trinajstić information content (AvgIpc) is 2.55. The van der Waals surface area contributed by atoms with Crippen molar-refractivity contribution >= 4 is 0 Å². The molecule has 0 spiro atoms. The molecule has 0 aliphatic carbocycles. The molecule has 92 valence electrons. The van der Waals surface area contributed by atoms with Crippen molar-refractivity contribution in [3.8, 4) is 0 Å². The van der Waals surface area contributed by atoms with Crippen LogP contribution in [-0.4, -0.2) is 27.0 Å². The summed E-state index contributed by atoms with van der Waals surface area (Å²) in [5, 5.41) is 17.1. The fourth-order valence-corrected chi connectivity index (χ4v) is 1.91. The first kappa shape index (κ1) is 13.2. The number of aliphatic hydroxyl groups is 1. The minimum absolute atomic E-state index is 0.248. The van der Waals surface area contributed by atoms with Crippen LogP contribution in [0, 0.1) is 0 Å². The van der Waals surface area contributed by atoms with E-state index in [-0.39, 0.29) is 6.10 Å². The largest absolute Gasteiger partial charge is 0.393 e. The molecular weight excluding hydrogens is 202 g/mol. The Morgan fingerprint density at radius 1 is 1.50 bits per heavy atom. The van der Waals surface area contributed by atoms with Gasteiger partial charge in [-0.05, 0) is 26.7 Å². The second kappa shape index (κ2) is 6.01. The lowest BCUT2D eigenvalue weighted by atomic mass is 10.1. The van der Waals surface area contributed by atoms with Crippen LogP contribution < -0.4 is 5.32 Å². The van der Waals surface area contributed by atoms with E-state index in [1.165, 1.54) is 5.56 Å². The summed E-state index contributed by atoms with van der Waals surface area (Å²) < 4.78 is 1.86. The smallest absolute Gasteiger partial charge is 0.0666 e. The molecular formula is C12H23N3O. The summed E-state index contributed by atoms with van der Waals surface area (Å²) in [5.74, 6) is 0. The summed E-state index contributed by atoms with van der Waals surface area (Å²) in [6.07, 6.45) is 3.55. The topological polar surface area (TPSA) is 50.1 Å². The van der Waals surface area contributed by atoms with Crippen molar-refractivity contribution in [1.82, 2.24) is 15.1 Å². The fourth-order valence-electron chi connectivity index (χ4n) is 1.91. The van der Waals surface area contributed by atoms with Crippen LogP contribution in [-0.2, 0) is 20.0 Å². The van der Waals surface area contributed by atoms with Gasteiger partial charge in [0.25, 0.3) is 0 Å². The maximum atomic E-state index is 9.27.